The van der Waals surface area contributed by atoms with Crippen LogP contribution < -0.4 is 4.90 Å². The Labute approximate surface area is 124 Å². The molecule has 0 atom stereocenters. The number of carbonyl (C=O) groups excluding carboxylic acids is 1. The summed E-state index contributed by atoms with van der Waals surface area (Å²) in [7, 11) is 0. The van der Waals surface area contributed by atoms with Gasteiger partial charge in [-0.1, -0.05) is 0 Å². The van der Waals surface area contributed by atoms with Gasteiger partial charge in [-0.25, -0.2) is 9.18 Å². The number of hydrogen-bond acceptors (Lipinski definition) is 3. The molecule has 1 fully saturated rings. The van der Waals surface area contributed by atoms with E-state index in [-0.39, 0.29) is 11.9 Å². The van der Waals surface area contributed by atoms with Gasteiger partial charge in [0.05, 0.1) is 6.04 Å². The van der Waals surface area contributed by atoms with Crippen molar-refractivity contribution in [1.29, 1.82) is 0 Å². The van der Waals surface area contributed by atoms with Crippen molar-refractivity contribution in [2.75, 3.05) is 24.5 Å². The normalized spacial score (nSPS) is 18.5. The second kappa shape index (κ2) is 4.90. The van der Waals surface area contributed by atoms with Crippen molar-refractivity contribution in [2.45, 2.75) is 38.8 Å². The monoisotopic (exact) mass is 292 g/mol. The lowest BCUT2D eigenvalue weighted by atomic mass is 10.1. The van der Waals surface area contributed by atoms with Crippen molar-refractivity contribution < 1.29 is 13.9 Å². The van der Waals surface area contributed by atoms with Crippen molar-refractivity contribution >= 4 is 11.8 Å². The van der Waals surface area contributed by atoms with Crippen LogP contribution >= 0.6 is 0 Å². The summed E-state index contributed by atoms with van der Waals surface area (Å²) in [6.07, 6.45) is 0.619. The van der Waals surface area contributed by atoms with Crippen LogP contribution in [-0.2, 0) is 11.2 Å². The van der Waals surface area contributed by atoms with Gasteiger partial charge < -0.3 is 14.5 Å². The van der Waals surface area contributed by atoms with Crippen molar-refractivity contribution in [3.8, 4) is 0 Å². The molecule has 21 heavy (non-hydrogen) atoms. The summed E-state index contributed by atoms with van der Waals surface area (Å²) >= 11 is 0. The summed E-state index contributed by atoms with van der Waals surface area (Å²) in [6.45, 7) is 7.84. The Hall–Kier alpha value is -1.78. The zero-order chi connectivity index (χ0) is 15.2. The van der Waals surface area contributed by atoms with Gasteiger partial charge in [-0.3, -0.25) is 0 Å². The zero-order valence-corrected chi connectivity index (χ0v) is 12.7. The molecule has 0 saturated carbocycles. The topological polar surface area (TPSA) is 32.8 Å². The third kappa shape index (κ3) is 2.82. The minimum absolute atomic E-state index is 0.181. The number of likely N-dealkylation sites (tertiary alicyclic amines) is 1. The predicted octanol–water partition coefficient (Wildman–Crippen LogP) is 2.81. The Morgan fingerprint density at radius 1 is 1.33 bits per heavy atom. The van der Waals surface area contributed by atoms with Crippen LogP contribution in [0, 0.1) is 5.82 Å². The van der Waals surface area contributed by atoms with E-state index >= 15 is 0 Å². The first kappa shape index (κ1) is 14.2. The molecule has 0 aliphatic carbocycles. The van der Waals surface area contributed by atoms with Gasteiger partial charge in [-0.05, 0) is 51.0 Å². The Morgan fingerprint density at radius 3 is 2.71 bits per heavy atom. The molecular weight excluding hydrogens is 271 g/mol. The maximum Gasteiger partial charge on any atom is 0.410 e. The van der Waals surface area contributed by atoms with Gasteiger partial charge >= 0.3 is 6.09 Å². The van der Waals surface area contributed by atoms with E-state index in [9.17, 15) is 9.18 Å². The van der Waals surface area contributed by atoms with Gasteiger partial charge in [0.15, 0.2) is 0 Å². The van der Waals surface area contributed by atoms with Crippen LogP contribution in [0.4, 0.5) is 14.9 Å². The lowest BCUT2D eigenvalue weighted by Gasteiger charge is -2.45. The number of rotatable bonds is 1. The fourth-order valence-electron chi connectivity index (χ4n) is 2.90. The molecule has 1 amide bonds. The Morgan fingerprint density at radius 2 is 2.05 bits per heavy atom. The molecule has 1 aromatic carbocycles. The Balaban J connectivity index is 1.60. The summed E-state index contributed by atoms with van der Waals surface area (Å²) in [5.74, 6) is -0.181. The highest BCUT2D eigenvalue weighted by molar-refractivity contribution is 5.70. The second-order valence-electron chi connectivity index (χ2n) is 6.76. The maximum absolute atomic E-state index is 13.2. The third-order valence-electron chi connectivity index (χ3n) is 3.93. The van der Waals surface area contributed by atoms with Gasteiger partial charge in [0, 0.05) is 25.3 Å². The quantitative estimate of drug-likeness (QED) is 0.798. The molecule has 0 N–H and O–H groups in total. The van der Waals surface area contributed by atoms with Crippen molar-refractivity contribution in [3.05, 3.63) is 29.6 Å². The van der Waals surface area contributed by atoms with Gasteiger partial charge in [0.2, 0.25) is 0 Å². The van der Waals surface area contributed by atoms with E-state index in [1.807, 2.05) is 26.8 Å². The molecule has 2 heterocycles. The summed E-state index contributed by atoms with van der Waals surface area (Å²) < 4.78 is 18.6. The first-order valence-corrected chi connectivity index (χ1v) is 7.36. The van der Waals surface area contributed by atoms with E-state index in [0.717, 1.165) is 24.2 Å². The van der Waals surface area contributed by atoms with E-state index in [0.29, 0.717) is 19.1 Å². The predicted molar refractivity (Wildman–Crippen MR) is 79.0 cm³/mol. The molecule has 0 radical (unpaired) electrons. The maximum atomic E-state index is 13.2. The summed E-state index contributed by atoms with van der Waals surface area (Å²) in [5, 5.41) is 0. The third-order valence-corrected chi connectivity index (χ3v) is 3.93. The van der Waals surface area contributed by atoms with Gasteiger partial charge in [0.1, 0.15) is 11.4 Å². The van der Waals surface area contributed by atoms with E-state index in [1.54, 1.807) is 11.0 Å². The van der Waals surface area contributed by atoms with Gasteiger partial charge in [0.25, 0.3) is 0 Å². The van der Waals surface area contributed by atoms with Crippen LogP contribution in [0.3, 0.4) is 0 Å². The Kier molecular flexibility index (Phi) is 3.30. The number of amides is 1. The van der Waals surface area contributed by atoms with Crippen molar-refractivity contribution in [1.82, 2.24) is 4.90 Å². The molecule has 0 unspecified atom stereocenters. The number of fused-ring (bicyclic) bond motifs is 1. The highest BCUT2D eigenvalue weighted by Crippen LogP contribution is 2.33. The number of carbonyl (C=O) groups is 1. The van der Waals surface area contributed by atoms with Gasteiger partial charge in [-0.2, -0.15) is 0 Å². The van der Waals surface area contributed by atoms with Gasteiger partial charge in [-0.15, -0.1) is 0 Å². The average molecular weight is 292 g/mol. The summed E-state index contributed by atoms with van der Waals surface area (Å²) in [6, 6.07) is 5.26. The minimum atomic E-state index is -0.458. The molecule has 2 aliphatic rings. The molecule has 3 rings (SSSR count). The van der Waals surface area contributed by atoms with Crippen LogP contribution in [0.25, 0.3) is 0 Å². The fourth-order valence-corrected chi connectivity index (χ4v) is 2.90. The molecule has 0 spiro atoms. The number of nitrogens with zero attached hydrogens (tertiary/aromatic N) is 2. The molecule has 0 aromatic heterocycles. The standard InChI is InChI=1S/C16H21FN2O2/c1-16(2,3)21-15(20)18-9-13(10-18)19-7-6-11-8-12(17)4-5-14(11)19/h4-5,8,13H,6-7,9-10H2,1-3H3. The van der Waals surface area contributed by atoms with Crippen molar-refractivity contribution in [3.63, 3.8) is 0 Å². The highest BCUT2D eigenvalue weighted by atomic mass is 19.1. The number of hydrogen-bond donors (Lipinski definition) is 0. The zero-order valence-electron chi connectivity index (χ0n) is 12.7. The summed E-state index contributed by atoms with van der Waals surface area (Å²) in [5.41, 5.74) is 1.70. The highest BCUT2D eigenvalue weighted by Gasteiger charge is 2.39. The van der Waals surface area contributed by atoms with Crippen LogP contribution in [0.2, 0.25) is 0 Å². The molecule has 5 heteroatoms. The van der Waals surface area contributed by atoms with Crippen molar-refractivity contribution in [2.24, 2.45) is 0 Å². The molecule has 4 nitrogen and oxygen atoms in total. The van der Waals surface area contributed by atoms with E-state index < -0.39 is 5.60 Å². The van der Waals surface area contributed by atoms with Crippen LogP contribution in [0.15, 0.2) is 18.2 Å². The smallest absolute Gasteiger partial charge is 0.410 e. The van der Waals surface area contributed by atoms with E-state index in [4.69, 9.17) is 4.74 Å². The molecule has 0 bridgehead atoms. The van der Waals surface area contributed by atoms with E-state index in [1.165, 1.54) is 6.07 Å². The number of ether oxygens (including phenoxy) is 1. The molecule has 114 valence electrons. The lowest BCUT2D eigenvalue weighted by Crippen LogP contribution is -2.61. The SMILES string of the molecule is CC(C)(C)OC(=O)N1CC(N2CCc3cc(F)ccc32)C1. The van der Waals surface area contributed by atoms with E-state index in [2.05, 4.69) is 4.90 Å². The Bertz CT molecular complexity index is 562. The molecular formula is C16H21FN2O2. The first-order chi connectivity index (χ1) is 9.83. The first-order valence-electron chi connectivity index (χ1n) is 7.36. The lowest BCUT2D eigenvalue weighted by molar-refractivity contribution is 0.00827. The minimum Gasteiger partial charge on any atom is -0.444 e. The second-order valence-corrected chi connectivity index (χ2v) is 6.76. The fraction of sp³-hybridized carbons (Fsp3) is 0.562. The number of anilines is 1. The average Bonchev–Trinajstić information content (AvgIpc) is 2.67. The number of halogens is 1. The van der Waals surface area contributed by atoms with Crippen LogP contribution in [0.1, 0.15) is 26.3 Å². The summed E-state index contributed by atoms with van der Waals surface area (Å²) in [4.78, 5) is 15.9. The number of benzene rings is 1. The largest absolute Gasteiger partial charge is 0.444 e. The molecule has 2 aliphatic heterocycles. The van der Waals surface area contributed by atoms with Crippen LogP contribution in [0.5, 0.6) is 0 Å². The molecule has 1 saturated heterocycles. The van der Waals surface area contributed by atoms with Crippen LogP contribution in [-0.4, -0.2) is 42.3 Å². The molecule has 1 aromatic rings.